The fraction of sp³-hybridized carbons (Fsp3) is 0.182. The van der Waals surface area contributed by atoms with Crippen molar-refractivity contribution in [3.63, 3.8) is 0 Å². The van der Waals surface area contributed by atoms with Gasteiger partial charge in [-0.15, -0.1) is 0 Å². The number of ether oxygens (including phenoxy) is 2. The summed E-state index contributed by atoms with van der Waals surface area (Å²) in [5.74, 6) is 1.96. The lowest BCUT2D eigenvalue weighted by Gasteiger charge is -2.13. The average molecular weight is 426 g/mol. The maximum atomic E-state index is 12.4. The van der Waals surface area contributed by atoms with E-state index in [1.54, 1.807) is 61.7 Å². The van der Waals surface area contributed by atoms with E-state index >= 15 is 0 Å². The molecule has 3 aromatic rings. The first-order chi connectivity index (χ1) is 14.5. The maximum Gasteiger partial charge on any atom is 0.257 e. The van der Waals surface area contributed by atoms with Gasteiger partial charge in [0, 0.05) is 11.3 Å². The van der Waals surface area contributed by atoms with Crippen LogP contribution in [0.3, 0.4) is 0 Å². The van der Waals surface area contributed by atoms with Crippen LogP contribution >= 0.6 is 12.2 Å². The Morgan fingerprint density at radius 2 is 1.90 bits per heavy atom. The minimum absolute atomic E-state index is 0.153. The highest BCUT2D eigenvalue weighted by Crippen LogP contribution is 2.33. The summed E-state index contributed by atoms with van der Waals surface area (Å²) in [7, 11) is 1.56. The van der Waals surface area contributed by atoms with Gasteiger partial charge in [-0.3, -0.25) is 10.1 Å². The number of benzene rings is 2. The molecule has 0 spiro atoms. The molecule has 8 heteroatoms. The minimum Gasteiger partial charge on any atom is -0.496 e. The van der Waals surface area contributed by atoms with Crippen LogP contribution in [0, 0.1) is 0 Å². The Morgan fingerprint density at radius 1 is 1.13 bits per heavy atom. The molecule has 0 fully saturated rings. The first kappa shape index (κ1) is 21.4. The van der Waals surface area contributed by atoms with Gasteiger partial charge in [0.2, 0.25) is 0 Å². The number of furan rings is 1. The zero-order valence-electron chi connectivity index (χ0n) is 16.6. The average Bonchev–Trinajstić information content (AvgIpc) is 3.23. The van der Waals surface area contributed by atoms with Crippen molar-refractivity contribution in [3.05, 3.63) is 65.9 Å². The molecule has 0 saturated heterocycles. The van der Waals surface area contributed by atoms with Crippen molar-refractivity contribution >= 4 is 28.9 Å². The fourth-order valence-corrected chi connectivity index (χ4v) is 3.00. The van der Waals surface area contributed by atoms with Gasteiger partial charge in [-0.2, -0.15) is 0 Å². The van der Waals surface area contributed by atoms with E-state index in [0.717, 1.165) is 0 Å². The Balaban J connectivity index is 1.70. The molecular weight excluding hydrogens is 404 g/mol. The number of amides is 1. The van der Waals surface area contributed by atoms with Crippen LogP contribution in [0.4, 0.5) is 5.69 Å². The van der Waals surface area contributed by atoms with Gasteiger partial charge < -0.3 is 24.3 Å². The number of methoxy groups -OCH3 is 1. The zero-order chi connectivity index (χ0) is 21.5. The number of carbonyl (C=O) groups excluding carboxylic acids is 1. The highest BCUT2D eigenvalue weighted by atomic mass is 32.1. The smallest absolute Gasteiger partial charge is 0.257 e. The van der Waals surface area contributed by atoms with E-state index in [1.807, 2.05) is 6.92 Å². The van der Waals surface area contributed by atoms with Crippen LogP contribution < -0.4 is 20.1 Å². The minimum atomic E-state index is -0.331. The Kier molecular flexibility index (Phi) is 7.05. The predicted octanol–water partition coefficient (Wildman–Crippen LogP) is 3.97. The summed E-state index contributed by atoms with van der Waals surface area (Å²) in [5.41, 5.74) is 1.79. The Bertz CT molecular complexity index is 1030. The molecule has 3 rings (SSSR count). The molecule has 0 aliphatic heterocycles. The van der Waals surface area contributed by atoms with E-state index in [2.05, 4.69) is 10.6 Å². The molecule has 0 bridgehead atoms. The van der Waals surface area contributed by atoms with Crippen LogP contribution in [0.5, 0.6) is 11.5 Å². The van der Waals surface area contributed by atoms with Gasteiger partial charge in [0.1, 0.15) is 29.6 Å². The normalized spacial score (nSPS) is 10.4. The third kappa shape index (κ3) is 5.16. The number of aliphatic hydroxyl groups excluding tert-OH is 1. The van der Waals surface area contributed by atoms with Crippen LogP contribution in [-0.2, 0) is 6.61 Å². The molecule has 0 radical (unpaired) electrons. The molecule has 2 aromatic carbocycles. The topological polar surface area (TPSA) is 93.0 Å². The van der Waals surface area contributed by atoms with E-state index in [0.29, 0.717) is 46.4 Å². The summed E-state index contributed by atoms with van der Waals surface area (Å²) in [5, 5.41) is 15.0. The number of hydrogen-bond donors (Lipinski definition) is 3. The number of aliphatic hydroxyl groups is 1. The van der Waals surface area contributed by atoms with Crippen LogP contribution in [0.2, 0.25) is 0 Å². The Morgan fingerprint density at radius 3 is 2.53 bits per heavy atom. The second-order valence-electron chi connectivity index (χ2n) is 6.20. The second-order valence-corrected chi connectivity index (χ2v) is 6.61. The number of thiocarbonyl (C=S) groups is 1. The number of rotatable bonds is 7. The van der Waals surface area contributed by atoms with Gasteiger partial charge in [-0.1, -0.05) is 0 Å². The standard InChI is InChI=1S/C22H22N2O5S/c1-3-28-16-7-4-14(5-8-16)21(26)24-22(30)23-15-6-10-19(27-2)18(12-15)20-11-9-17(13-25)29-20/h4-12,25H,3,13H2,1-2H3,(H2,23,24,26,30). The molecule has 1 amide bonds. The van der Waals surface area contributed by atoms with Crippen molar-refractivity contribution in [2.45, 2.75) is 13.5 Å². The largest absolute Gasteiger partial charge is 0.496 e. The van der Waals surface area contributed by atoms with E-state index in [9.17, 15) is 9.90 Å². The number of carbonyl (C=O) groups is 1. The van der Waals surface area contributed by atoms with Crippen molar-refractivity contribution < 1.29 is 23.8 Å². The molecule has 30 heavy (non-hydrogen) atoms. The molecule has 0 aliphatic carbocycles. The van der Waals surface area contributed by atoms with Crippen molar-refractivity contribution in [1.29, 1.82) is 0 Å². The molecule has 0 atom stereocenters. The number of hydrogen-bond acceptors (Lipinski definition) is 6. The number of nitrogens with one attached hydrogen (secondary N) is 2. The van der Waals surface area contributed by atoms with E-state index in [4.69, 9.17) is 26.1 Å². The van der Waals surface area contributed by atoms with E-state index < -0.39 is 0 Å². The van der Waals surface area contributed by atoms with Gasteiger partial charge in [-0.25, -0.2) is 0 Å². The van der Waals surface area contributed by atoms with Crippen LogP contribution in [0.25, 0.3) is 11.3 Å². The van der Waals surface area contributed by atoms with Crippen molar-refractivity contribution in [3.8, 4) is 22.8 Å². The molecule has 1 heterocycles. The summed E-state index contributed by atoms with van der Waals surface area (Å²) < 4.78 is 16.4. The molecule has 0 unspecified atom stereocenters. The lowest BCUT2D eigenvalue weighted by Crippen LogP contribution is -2.34. The van der Waals surface area contributed by atoms with Gasteiger partial charge in [0.15, 0.2) is 5.11 Å². The van der Waals surface area contributed by atoms with Crippen LogP contribution in [0.15, 0.2) is 59.0 Å². The summed E-state index contributed by atoms with van der Waals surface area (Å²) in [6.45, 7) is 2.26. The lowest BCUT2D eigenvalue weighted by atomic mass is 10.1. The molecule has 0 aliphatic rings. The first-order valence-corrected chi connectivity index (χ1v) is 9.68. The third-order valence-electron chi connectivity index (χ3n) is 4.19. The quantitative estimate of drug-likeness (QED) is 0.492. The number of anilines is 1. The third-order valence-corrected chi connectivity index (χ3v) is 4.40. The SMILES string of the molecule is CCOc1ccc(C(=O)NC(=S)Nc2ccc(OC)c(-c3ccc(CO)o3)c2)cc1. The van der Waals surface area contributed by atoms with Gasteiger partial charge >= 0.3 is 0 Å². The van der Waals surface area contributed by atoms with Crippen molar-refractivity contribution in [2.24, 2.45) is 0 Å². The molecular formula is C22H22N2O5S. The molecule has 7 nitrogen and oxygen atoms in total. The molecule has 1 aromatic heterocycles. The van der Waals surface area contributed by atoms with Gasteiger partial charge in [0.05, 0.1) is 19.3 Å². The molecule has 3 N–H and O–H groups in total. The maximum absolute atomic E-state index is 12.4. The fourth-order valence-electron chi connectivity index (χ4n) is 2.79. The second kappa shape index (κ2) is 9.91. The summed E-state index contributed by atoms with van der Waals surface area (Å²) in [6.07, 6.45) is 0. The summed E-state index contributed by atoms with van der Waals surface area (Å²) >= 11 is 5.27. The van der Waals surface area contributed by atoms with Crippen molar-refractivity contribution in [1.82, 2.24) is 5.32 Å². The summed E-state index contributed by atoms with van der Waals surface area (Å²) in [6, 6.07) is 15.6. The van der Waals surface area contributed by atoms with Gasteiger partial charge in [0.25, 0.3) is 5.91 Å². The predicted molar refractivity (Wildman–Crippen MR) is 118 cm³/mol. The lowest BCUT2D eigenvalue weighted by molar-refractivity contribution is 0.0977. The van der Waals surface area contributed by atoms with Crippen LogP contribution in [0.1, 0.15) is 23.0 Å². The van der Waals surface area contributed by atoms with Crippen LogP contribution in [-0.4, -0.2) is 29.8 Å². The Hall–Kier alpha value is -3.36. The first-order valence-electron chi connectivity index (χ1n) is 9.27. The monoisotopic (exact) mass is 426 g/mol. The highest BCUT2D eigenvalue weighted by Gasteiger charge is 2.13. The van der Waals surface area contributed by atoms with Gasteiger partial charge in [-0.05, 0) is 73.7 Å². The van der Waals surface area contributed by atoms with E-state index in [-0.39, 0.29) is 17.6 Å². The zero-order valence-corrected chi connectivity index (χ0v) is 17.4. The van der Waals surface area contributed by atoms with E-state index in [1.165, 1.54) is 0 Å². The van der Waals surface area contributed by atoms with Crippen molar-refractivity contribution in [2.75, 3.05) is 19.0 Å². The molecule has 0 saturated carbocycles. The highest BCUT2D eigenvalue weighted by molar-refractivity contribution is 7.80. The summed E-state index contributed by atoms with van der Waals surface area (Å²) in [4.78, 5) is 12.4. The Labute approximate surface area is 179 Å². The molecule has 156 valence electrons.